The molecular weight excluding hydrogens is 320 g/mol. The van der Waals surface area contributed by atoms with Gasteiger partial charge in [0, 0.05) is 37.8 Å². The maximum Gasteiger partial charge on any atom is 0.292 e. The normalized spacial score (nSPS) is 14.3. The Labute approximate surface area is 145 Å². The van der Waals surface area contributed by atoms with Gasteiger partial charge >= 0.3 is 0 Å². The number of hydrogen-bond acceptors (Lipinski definition) is 6. The largest absolute Gasteiger partial charge is 0.367 e. The molecule has 0 radical (unpaired) electrons. The number of ketones is 1. The number of piperazine rings is 1. The Morgan fingerprint density at radius 3 is 2.48 bits per heavy atom. The van der Waals surface area contributed by atoms with E-state index in [-0.39, 0.29) is 17.5 Å². The van der Waals surface area contributed by atoms with E-state index in [4.69, 9.17) is 4.52 Å². The summed E-state index contributed by atoms with van der Waals surface area (Å²) in [4.78, 5) is 27.7. The number of nitrogens with zero attached hydrogens (tertiary/aromatic N) is 4. The van der Waals surface area contributed by atoms with E-state index in [0.29, 0.717) is 43.0 Å². The van der Waals surface area contributed by atoms with Crippen molar-refractivity contribution in [3.05, 3.63) is 46.8 Å². The van der Waals surface area contributed by atoms with Gasteiger partial charge in [0.25, 0.3) is 5.91 Å². The molecule has 0 aliphatic carbocycles. The Morgan fingerprint density at radius 1 is 1.20 bits per heavy atom. The lowest BCUT2D eigenvalue weighted by Gasteiger charge is -2.36. The summed E-state index contributed by atoms with van der Waals surface area (Å²) in [6.45, 7) is 5.44. The van der Waals surface area contributed by atoms with Crippen molar-refractivity contribution in [3.63, 3.8) is 0 Å². The molecule has 7 heteroatoms. The van der Waals surface area contributed by atoms with E-state index in [9.17, 15) is 14.9 Å². The summed E-state index contributed by atoms with van der Waals surface area (Å²) < 4.78 is 5.03. The van der Waals surface area contributed by atoms with E-state index in [0.717, 1.165) is 5.69 Å². The van der Waals surface area contributed by atoms with Gasteiger partial charge in [-0.1, -0.05) is 5.16 Å². The summed E-state index contributed by atoms with van der Waals surface area (Å²) in [5.74, 6) is 0.0146. The molecule has 2 aromatic rings. The zero-order valence-corrected chi connectivity index (χ0v) is 14.2. The van der Waals surface area contributed by atoms with Gasteiger partial charge in [0.2, 0.25) is 5.76 Å². The third kappa shape index (κ3) is 3.38. The van der Waals surface area contributed by atoms with Gasteiger partial charge in [0.15, 0.2) is 5.78 Å². The quantitative estimate of drug-likeness (QED) is 0.795. The Hall–Kier alpha value is -3.14. The number of amides is 1. The monoisotopic (exact) mass is 338 g/mol. The standard InChI is InChI=1S/C18H18N4O3/c1-12-9-17(25-20-12)18(24)22-7-5-21(6-8-22)16-10-14(13(2)23)3-4-15(16)11-19/h3-4,9-10H,5-8H2,1-2H3. The van der Waals surface area contributed by atoms with E-state index in [2.05, 4.69) is 11.2 Å². The number of carbonyl (C=O) groups is 2. The minimum Gasteiger partial charge on any atom is -0.367 e. The van der Waals surface area contributed by atoms with Crippen LogP contribution in [0.15, 0.2) is 28.8 Å². The molecule has 1 aliphatic heterocycles. The minimum atomic E-state index is -0.182. The van der Waals surface area contributed by atoms with Crippen molar-refractivity contribution in [1.82, 2.24) is 10.1 Å². The fraction of sp³-hybridized carbons (Fsp3) is 0.333. The minimum absolute atomic E-state index is 0.0414. The van der Waals surface area contributed by atoms with Crippen LogP contribution in [0.2, 0.25) is 0 Å². The number of aryl methyl sites for hydroxylation is 1. The van der Waals surface area contributed by atoms with E-state index in [1.807, 2.05) is 4.90 Å². The molecule has 7 nitrogen and oxygen atoms in total. The summed E-state index contributed by atoms with van der Waals surface area (Å²) in [6, 6.07) is 8.87. The second kappa shape index (κ2) is 6.77. The highest BCUT2D eigenvalue weighted by atomic mass is 16.5. The molecule has 1 aromatic carbocycles. The van der Waals surface area contributed by atoms with Gasteiger partial charge in [-0.15, -0.1) is 0 Å². The molecule has 2 heterocycles. The lowest BCUT2D eigenvalue weighted by atomic mass is 10.1. The van der Waals surface area contributed by atoms with Crippen molar-refractivity contribution in [3.8, 4) is 6.07 Å². The van der Waals surface area contributed by atoms with Crippen molar-refractivity contribution in [2.24, 2.45) is 0 Å². The average Bonchev–Trinajstić information content (AvgIpc) is 3.07. The van der Waals surface area contributed by atoms with Gasteiger partial charge < -0.3 is 14.3 Å². The first-order valence-corrected chi connectivity index (χ1v) is 8.02. The Kier molecular flexibility index (Phi) is 4.52. The van der Waals surface area contributed by atoms with Crippen molar-refractivity contribution in [1.29, 1.82) is 5.26 Å². The molecule has 0 atom stereocenters. The highest BCUT2D eigenvalue weighted by Crippen LogP contribution is 2.24. The zero-order chi connectivity index (χ0) is 18.0. The SMILES string of the molecule is CC(=O)c1ccc(C#N)c(N2CCN(C(=O)c3cc(C)no3)CC2)c1. The predicted octanol–water partition coefficient (Wildman–Crippen LogP) is 2.02. The number of benzene rings is 1. The topological polar surface area (TPSA) is 90.4 Å². The third-order valence-corrected chi connectivity index (χ3v) is 4.27. The zero-order valence-electron chi connectivity index (χ0n) is 14.2. The summed E-state index contributed by atoms with van der Waals surface area (Å²) in [5.41, 5.74) is 2.50. The molecule has 0 spiro atoms. The summed E-state index contributed by atoms with van der Waals surface area (Å²) in [6.07, 6.45) is 0. The molecule has 1 fully saturated rings. The van der Waals surface area contributed by atoms with Crippen LogP contribution < -0.4 is 4.90 Å². The van der Waals surface area contributed by atoms with Crippen LogP contribution in [0, 0.1) is 18.3 Å². The van der Waals surface area contributed by atoms with Crippen LogP contribution in [0.3, 0.4) is 0 Å². The molecule has 3 rings (SSSR count). The summed E-state index contributed by atoms with van der Waals surface area (Å²) in [5, 5.41) is 13.1. The Morgan fingerprint density at radius 2 is 1.92 bits per heavy atom. The molecule has 0 N–H and O–H groups in total. The molecular formula is C18H18N4O3. The smallest absolute Gasteiger partial charge is 0.292 e. The number of Topliss-reactive ketones (excluding diaryl/α,β-unsaturated/α-hetero) is 1. The van der Waals surface area contributed by atoms with Crippen molar-refractivity contribution in [2.45, 2.75) is 13.8 Å². The fourth-order valence-electron chi connectivity index (χ4n) is 2.88. The molecule has 1 saturated heterocycles. The van der Waals surface area contributed by atoms with Crippen LogP contribution in [0.4, 0.5) is 5.69 Å². The van der Waals surface area contributed by atoms with Gasteiger partial charge in [-0.25, -0.2) is 0 Å². The molecule has 0 saturated carbocycles. The first kappa shape index (κ1) is 16.7. The molecule has 0 unspecified atom stereocenters. The van der Waals surface area contributed by atoms with E-state index >= 15 is 0 Å². The fourth-order valence-corrected chi connectivity index (χ4v) is 2.88. The average molecular weight is 338 g/mol. The molecule has 1 amide bonds. The third-order valence-electron chi connectivity index (χ3n) is 4.27. The predicted molar refractivity (Wildman–Crippen MR) is 90.5 cm³/mol. The van der Waals surface area contributed by atoms with E-state index < -0.39 is 0 Å². The highest BCUT2D eigenvalue weighted by Gasteiger charge is 2.26. The Bertz CT molecular complexity index is 857. The summed E-state index contributed by atoms with van der Waals surface area (Å²) >= 11 is 0. The van der Waals surface area contributed by atoms with Gasteiger partial charge in [-0.3, -0.25) is 9.59 Å². The summed E-state index contributed by atoms with van der Waals surface area (Å²) in [7, 11) is 0. The number of anilines is 1. The molecule has 1 aliphatic rings. The first-order valence-electron chi connectivity index (χ1n) is 8.02. The molecule has 128 valence electrons. The maximum atomic E-state index is 12.4. The maximum absolute atomic E-state index is 12.4. The van der Waals surface area contributed by atoms with E-state index in [1.54, 1.807) is 36.1 Å². The van der Waals surface area contributed by atoms with Crippen LogP contribution in [-0.2, 0) is 0 Å². The number of rotatable bonds is 3. The van der Waals surface area contributed by atoms with Crippen LogP contribution in [0.5, 0.6) is 0 Å². The van der Waals surface area contributed by atoms with Crippen molar-refractivity contribution >= 4 is 17.4 Å². The number of aromatic nitrogens is 1. The molecule has 0 bridgehead atoms. The van der Waals surface area contributed by atoms with Crippen LogP contribution >= 0.6 is 0 Å². The molecule has 1 aromatic heterocycles. The Balaban J connectivity index is 1.74. The molecule has 25 heavy (non-hydrogen) atoms. The van der Waals surface area contributed by atoms with E-state index in [1.165, 1.54) is 6.92 Å². The van der Waals surface area contributed by atoms with Gasteiger partial charge in [-0.05, 0) is 32.0 Å². The van der Waals surface area contributed by atoms with Crippen LogP contribution in [0.25, 0.3) is 0 Å². The number of nitriles is 1. The lowest BCUT2D eigenvalue weighted by molar-refractivity contribution is 0.0704. The van der Waals surface area contributed by atoms with Crippen molar-refractivity contribution < 1.29 is 14.1 Å². The second-order valence-electron chi connectivity index (χ2n) is 6.01. The highest BCUT2D eigenvalue weighted by molar-refractivity contribution is 5.95. The number of hydrogen-bond donors (Lipinski definition) is 0. The number of carbonyl (C=O) groups excluding carboxylic acids is 2. The van der Waals surface area contributed by atoms with Gasteiger partial charge in [-0.2, -0.15) is 5.26 Å². The van der Waals surface area contributed by atoms with Crippen LogP contribution in [-0.4, -0.2) is 47.9 Å². The first-order chi connectivity index (χ1) is 12.0. The van der Waals surface area contributed by atoms with Gasteiger partial charge in [0.1, 0.15) is 6.07 Å². The van der Waals surface area contributed by atoms with Gasteiger partial charge in [0.05, 0.1) is 16.9 Å². The van der Waals surface area contributed by atoms with Crippen LogP contribution in [0.1, 0.15) is 39.1 Å². The van der Waals surface area contributed by atoms with Crippen molar-refractivity contribution in [2.75, 3.05) is 31.1 Å². The lowest BCUT2D eigenvalue weighted by Crippen LogP contribution is -2.49. The second-order valence-corrected chi connectivity index (χ2v) is 6.01.